The van der Waals surface area contributed by atoms with Gasteiger partial charge >= 0.3 is 0 Å². The lowest BCUT2D eigenvalue weighted by molar-refractivity contribution is -0.129. The number of carbonyl (C=O) groups excluding carboxylic acids is 1. The summed E-state index contributed by atoms with van der Waals surface area (Å²) in [7, 11) is 3.37. The summed E-state index contributed by atoms with van der Waals surface area (Å²) >= 11 is 0. The van der Waals surface area contributed by atoms with Crippen molar-refractivity contribution in [3.63, 3.8) is 0 Å². The normalized spacial score (nSPS) is 9.85. The van der Waals surface area contributed by atoms with Crippen LogP contribution in [0.3, 0.4) is 0 Å². The van der Waals surface area contributed by atoms with Gasteiger partial charge in [0, 0.05) is 32.7 Å². The summed E-state index contributed by atoms with van der Waals surface area (Å²) in [4.78, 5) is 21.0. The number of carbonyl (C=O) groups is 1. The van der Waals surface area contributed by atoms with Gasteiger partial charge in [0.05, 0.1) is 11.9 Å². The zero-order chi connectivity index (χ0) is 14.5. The molecule has 8 heteroatoms. The Morgan fingerprint density at radius 2 is 2.20 bits per heavy atom. The molecule has 0 radical (unpaired) electrons. The van der Waals surface area contributed by atoms with Crippen molar-refractivity contribution in [2.24, 2.45) is 0 Å². The van der Waals surface area contributed by atoms with Crippen LogP contribution in [-0.2, 0) is 11.3 Å². The van der Waals surface area contributed by atoms with Crippen LogP contribution in [0.1, 0.15) is 5.69 Å². The lowest BCUT2D eigenvalue weighted by Gasteiger charge is -2.09. The third-order valence-corrected chi connectivity index (χ3v) is 2.50. The van der Waals surface area contributed by atoms with E-state index in [1.54, 1.807) is 26.5 Å². The highest BCUT2D eigenvalue weighted by Gasteiger charge is 2.09. The summed E-state index contributed by atoms with van der Waals surface area (Å²) in [5, 5.41) is 15.9. The Morgan fingerprint density at radius 1 is 1.45 bits per heavy atom. The van der Waals surface area contributed by atoms with Crippen molar-refractivity contribution in [2.45, 2.75) is 6.54 Å². The zero-order valence-electron chi connectivity index (χ0n) is 11.1. The molecule has 0 aliphatic heterocycles. The second kappa shape index (κ2) is 5.79. The van der Waals surface area contributed by atoms with Crippen LogP contribution in [0.15, 0.2) is 24.8 Å². The van der Waals surface area contributed by atoms with Crippen LogP contribution < -0.4 is 5.32 Å². The maximum absolute atomic E-state index is 11.6. The van der Waals surface area contributed by atoms with E-state index in [9.17, 15) is 4.79 Å². The third kappa shape index (κ3) is 3.08. The Balaban J connectivity index is 2.10. The molecular formula is C12H13N7O. The fourth-order valence-corrected chi connectivity index (χ4v) is 1.44. The van der Waals surface area contributed by atoms with Gasteiger partial charge in [-0.25, -0.2) is 9.97 Å². The summed E-state index contributed by atoms with van der Waals surface area (Å²) in [6.07, 6.45) is 6.15. The molecule has 0 atom stereocenters. The van der Waals surface area contributed by atoms with Crippen molar-refractivity contribution in [1.29, 1.82) is 5.26 Å². The van der Waals surface area contributed by atoms with Crippen molar-refractivity contribution in [3.8, 4) is 6.07 Å². The maximum atomic E-state index is 11.6. The second-order valence-electron chi connectivity index (χ2n) is 4.21. The van der Waals surface area contributed by atoms with Crippen molar-refractivity contribution in [3.05, 3.63) is 30.5 Å². The summed E-state index contributed by atoms with van der Waals surface area (Å²) in [6.45, 7) is 0.153. The minimum absolute atomic E-state index is 0.0585. The second-order valence-corrected chi connectivity index (χ2v) is 4.21. The van der Waals surface area contributed by atoms with Crippen LogP contribution in [0.25, 0.3) is 0 Å². The molecular weight excluding hydrogens is 258 g/mol. The molecule has 0 saturated carbocycles. The molecule has 0 fully saturated rings. The van der Waals surface area contributed by atoms with E-state index < -0.39 is 0 Å². The first-order valence-electron chi connectivity index (χ1n) is 5.81. The molecule has 2 rings (SSSR count). The van der Waals surface area contributed by atoms with Gasteiger partial charge in [0.15, 0.2) is 11.5 Å². The lowest BCUT2D eigenvalue weighted by atomic mass is 10.4. The average Bonchev–Trinajstić information content (AvgIpc) is 2.86. The van der Waals surface area contributed by atoms with E-state index in [0.29, 0.717) is 11.5 Å². The standard InChI is InChI=1S/C12H13N7O/c1-18(2)11(20)8-19-7-9(6-16-19)17-12-10(5-13)14-3-4-15-12/h3-4,6-7H,8H2,1-2H3,(H,15,17). The molecule has 0 saturated heterocycles. The van der Waals surface area contributed by atoms with E-state index in [-0.39, 0.29) is 18.1 Å². The van der Waals surface area contributed by atoms with E-state index in [1.165, 1.54) is 22.0 Å². The molecule has 1 N–H and O–H groups in total. The minimum Gasteiger partial charge on any atom is -0.347 e. The molecule has 0 aliphatic rings. The molecule has 0 aliphatic carbocycles. The smallest absolute Gasteiger partial charge is 0.243 e. The highest BCUT2D eigenvalue weighted by atomic mass is 16.2. The van der Waals surface area contributed by atoms with Gasteiger partial charge in [-0.15, -0.1) is 0 Å². The summed E-state index contributed by atoms with van der Waals surface area (Å²) in [6, 6.07) is 1.95. The number of nitrogens with one attached hydrogen (secondary N) is 1. The molecule has 1 amide bonds. The number of amides is 1. The van der Waals surface area contributed by atoms with E-state index in [0.717, 1.165) is 0 Å². The molecule has 2 heterocycles. The zero-order valence-corrected chi connectivity index (χ0v) is 11.1. The number of aromatic nitrogens is 4. The number of likely N-dealkylation sites (N-methyl/N-ethyl adjacent to an activating group) is 1. The van der Waals surface area contributed by atoms with E-state index in [4.69, 9.17) is 5.26 Å². The van der Waals surface area contributed by atoms with Crippen LogP contribution in [-0.4, -0.2) is 44.7 Å². The predicted molar refractivity (Wildman–Crippen MR) is 71.0 cm³/mol. The van der Waals surface area contributed by atoms with Gasteiger partial charge in [-0.3, -0.25) is 9.48 Å². The Labute approximate surface area is 115 Å². The molecule has 102 valence electrons. The quantitative estimate of drug-likeness (QED) is 0.862. The Kier molecular flexibility index (Phi) is 3.91. The molecule has 2 aromatic heterocycles. The highest BCUT2D eigenvalue weighted by molar-refractivity contribution is 5.75. The molecule has 0 spiro atoms. The van der Waals surface area contributed by atoms with Crippen LogP contribution in [0, 0.1) is 11.3 Å². The van der Waals surface area contributed by atoms with Gasteiger partial charge in [0.2, 0.25) is 5.91 Å². The summed E-state index contributed by atoms with van der Waals surface area (Å²) < 4.78 is 1.51. The fraction of sp³-hybridized carbons (Fsp3) is 0.250. The molecule has 0 aromatic carbocycles. The van der Waals surface area contributed by atoms with Crippen molar-refractivity contribution >= 4 is 17.4 Å². The van der Waals surface area contributed by atoms with E-state index in [2.05, 4.69) is 20.4 Å². The van der Waals surface area contributed by atoms with Crippen molar-refractivity contribution < 1.29 is 4.79 Å². The first-order chi connectivity index (χ1) is 9.60. The molecule has 0 bridgehead atoms. The van der Waals surface area contributed by atoms with Gasteiger partial charge < -0.3 is 10.2 Å². The van der Waals surface area contributed by atoms with Crippen molar-refractivity contribution in [1.82, 2.24) is 24.6 Å². The number of hydrogen-bond acceptors (Lipinski definition) is 6. The monoisotopic (exact) mass is 271 g/mol. The SMILES string of the molecule is CN(C)C(=O)Cn1cc(Nc2nccnc2C#N)cn1. The van der Waals surface area contributed by atoms with E-state index in [1.807, 2.05) is 6.07 Å². The van der Waals surface area contributed by atoms with Gasteiger partial charge in [0.1, 0.15) is 12.6 Å². The summed E-state index contributed by atoms with van der Waals surface area (Å²) in [5.74, 6) is 0.297. The number of nitriles is 1. The minimum atomic E-state index is -0.0585. The number of hydrogen-bond donors (Lipinski definition) is 1. The maximum Gasteiger partial charge on any atom is 0.243 e. The van der Waals surface area contributed by atoms with Gasteiger partial charge in [-0.2, -0.15) is 10.4 Å². The van der Waals surface area contributed by atoms with Crippen LogP contribution in [0.4, 0.5) is 11.5 Å². The average molecular weight is 271 g/mol. The first kappa shape index (κ1) is 13.5. The van der Waals surface area contributed by atoms with Gasteiger partial charge in [-0.1, -0.05) is 0 Å². The van der Waals surface area contributed by atoms with Crippen LogP contribution in [0.5, 0.6) is 0 Å². The molecule has 20 heavy (non-hydrogen) atoms. The fourth-order valence-electron chi connectivity index (χ4n) is 1.44. The molecule has 0 unspecified atom stereocenters. The topological polar surface area (TPSA) is 99.7 Å². The highest BCUT2D eigenvalue weighted by Crippen LogP contribution is 2.15. The Hall–Kier alpha value is -2.95. The predicted octanol–water partition coefficient (Wildman–Crippen LogP) is 0.377. The number of nitrogens with zero attached hydrogens (tertiary/aromatic N) is 6. The molecule has 2 aromatic rings. The van der Waals surface area contributed by atoms with Crippen molar-refractivity contribution in [2.75, 3.05) is 19.4 Å². The third-order valence-electron chi connectivity index (χ3n) is 2.50. The number of rotatable bonds is 4. The largest absolute Gasteiger partial charge is 0.347 e. The summed E-state index contributed by atoms with van der Waals surface area (Å²) in [5.41, 5.74) is 0.832. The van der Waals surface area contributed by atoms with Crippen LogP contribution >= 0.6 is 0 Å². The van der Waals surface area contributed by atoms with Gasteiger partial charge in [0.25, 0.3) is 0 Å². The first-order valence-corrected chi connectivity index (χ1v) is 5.81. The Bertz CT molecular complexity index is 656. The molecule has 8 nitrogen and oxygen atoms in total. The van der Waals surface area contributed by atoms with E-state index >= 15 is 0 Å². The lowest BCUT2D eigenvalue weighted by Crippen LogP contribution is -2.26. The Morgan fingerprint density at radius 3 is 2.90 bits per heavy atom. The number of anilines is 2. The van der Waals surface area contributed by atoms with Gasteiger partial charge in [-0.05, 0) is 0 Å². The van der Waals surface area contributed by atoms with Crippen LogP contribution in [0.2, 0.25) is 0 Å².